The first-order valence-corrected chi connectivity index (χ1v) is 7.70. The molecule has 0 aliphatic heterocycles. The molecule has 0 unspecified atom stereocenters. The van der Waals surface area contributed by atoms with Gasteiger partial charge in [-0.2, -0.15) is 9.37 Å². The number of fused-ring (bicyclic) bond motifs is 2. The number of imidazole rings is 1. The van der Waals surface area contributed by atoms with Gasteiger partial charge in [-0.3, -0.25) is 0 Å². The quantitative estimate of drug-likeness (QED) is 0.819. The summed E-state index contributed by atoms with van der Waals surface area (Å²) >= 11 is 0. The van der Waals surface area contributed by atoms with E-state index in [0.29, 0.717) is 0 Å². The van der Waals surface area contributed by atoms with Gasteiger partial charge in [0.25, 0.3) is 0 Å². The van der Waals surface area contributed by atoms with Crippen molar-refractivity contribution in [2.45, 2.75) is 38.5 Å². The average Bonchev–Trinajstić information content (AvgIpc) is 2.94. The third kappa shape index (κ3) is 2.27. The van der Waals surface area contributed by atoms with Gasteiger partial charge in [0.2, 0.25) is 0 Å². The van der Waals surface area contributed by atoms with E-state index in [2.05, 4.69) is 9.97 Å². The van der Waals surface area contributed by atoms with Crippen molar-refractivity contribution < 1.29 is 13.2 Å². The molecule has 4 rings (SSSR count). The maximum Gasteiger partial charge on any atom is 0.334 e. The van der Waals surface area contributed by atoms with Gasteiger partial charge in [-0.1, -0.05) is 12.5 Å². The van der Waals surface area contributed by atoms with Gasteiger partial charge in [-0.15, -0.1) is 0 Å². The van der Waals surface area contributed by atoms with E-state index >= 15 is 0 Å². The molecule has 0 spiro atoms. The molecule has 120 valence electrons. The molecule has 0 amide bonds. The van der Waals surface area contributed by atoms with Crippen molar-refractivity contribution >= 4 is 11.9 Å². The highest BCUT2D eigenvalue weighted by atomic mass is 19.2. The van der Waals surface area contributed by atoms with E-state index in [-0.39, 0.29) is 29.6 Å². The fourth-order valence-electron chi connectivity index (χ4n) is 3.13. The lowest BCUT2D eigenvalue weighted by atomic mass is 10.2. The molecule has 0 saturated carbocycles. The van der Waals surface area contributed by atoms with Gasteiger partial charge in [0.15, 0.2) is 11.6 Å². The fourth-order valence-corrected chi connectivity index (χ4v) is 3.13. The molecular weight excluding hydrogens is 304 g/mol. The first kappa shape index (κ1) is 14.2. The van der Waals surface area contributed by atoms with E-state index in [1.165, 1.54) is 16.7 Å². The summed E-state index contributed by atoms with van der Waals surface area (Å²) in [5.74, 6) is -2.22. The molecule has 2 aliphatic carbocycles. The molecule has 7 heteroatoms. The van der Waals surface area contributed by atoms with E-state index in [1.54, 1.807) is 0 Å². The summed E-state index contributed by atoms with van der Waals surface area (Å²) in [4.78, 5) is 19.3. The topological polar surface area (TPSA) is 63.8 Å². The monoisotopic (exact) mass is 319 g/mol. The number of nitrogens with one attached hydrogen (secondary N) is 1. The highest BCUT2D eigenvalue weighted by Gasteiger charge is 2.25. The number of H-pyrrole nitrogens is 1. The summed E-state index contributed by atoms with van der Waals surface area (Å²) in [6.07, 6.45) is 7.44. The van der Waals surface area contributed by atoms with Crippen LogP contribution in [0.3, 0.4) is 0 Å². The Balaban J connectivity index is 1.88. The van der Waals surface area contributed by atoms with Crippen LogP contribution in [0.5, 0.6) is 0 Å². The Morgan fingerprint density at radius 1 is 1.22 bits per heavy atom. The Hall–Kier alpha value is -2.44. The highest BCUT2D eigenvalue weighted by molar-refractivity contribution is 5.68. The van der Waals surface area contributed by atoms with Crippen LogP contribution >= 0.6 is 0 Å². The largest absolute Gasteiger partial charge is 0.420 e. The average molecular weight is 319 g/mol. The summed E-state index contributed by atoms with van der Waals surface area (Å²) in [6.45, 7) is 0. The van der Waals surface area contributed by atoms with E-state index in [0.717, 1.165) is 43.5 Å². The first-order valence-electron chi connectivity index (χ1n) is 7.70. The van der Waals surface area contributed by atoms with Crippen LogP contribution in [0.15, 0.2) is 21.1 Å². The second-order valence-corrected chi connectivity index (χ2v) is 5.79. The van der Waals surface area contributed by atoms with Gasteiger partial charge in [0.05, 0.1) is 5.69 Å². The third-order valence-electron chi connectivity index (χ3n) is 4.26. The molecule has 2 aliphatic rings. The van der Waals surface area contributed by atoms with Gasteiger partial charge >= 0.3 is 11.7 Å². The van der Waals surface area contributed by atoms with E-state index in [9.17, 15) is 13.6 Å². The minimum absolute atomic E-state index is 0.0195. The van der Waals surface area contributed by atoms with E-state index in [4.69, 9.17) is 4.42 Å². The van der Waals surface area contributed by atoms with Crippen molar-refractivity contribution in [1.29, 1.82) is 0 Å². The predicted molar refractivity (Wildman–Crippen MR) is 80.5 cm³/mol. The molecular formula is C16H15F2N3O2. The minimum Gasteiger partial charge on any atom is -0.420 e. The highest BCUT2D eigenvalue weighted by Crippen LogP contribution is 2.32. The molecule has 2 aromatic heterocycles. The first-order chi connectivity index (χ1) is 11.1. The van der Waals surface area contributed by atoms with Crippen LogP contribution in [0.25, 0.3) is 17.9 Å². The number of hydrogen-bond acceptors (Lipinski definition) is 3. The molecule has 2 heterocycles. The molecule has 0 aromatic carbocycles. The van der Waals surface area contributed by atoms with Crippen LogP contribution in [-0.2, 0) is 12.8 Å². The number of aromatic amines is 1. The Morgan fingerprint density at radius 3 is 2.91 bits per heavy atom. The van der Waals surface area contributed by atoms with Gasteiger partial charge in [-0.25, -0.2) is 13.8 Å². The molecule has 5 nitrogen and oxygen atoms in total. The number of aromatic nitrogens is 3. The maximum absolute atomic E-state index is 14.0. The van der Waals surface area contributed by atoms with E-state index in [1.807, 2.05) is 0 Å². The van der Waals surface area contributed by atoms with Gasteiger partial charge < -0.3 is 9.40 Å². The SMILES string of the molecule is O=c1[nH]c2c(n1-c1nc3c(o1)C(F)=C(F)CC=C3)CCCCC2. The zero-order valence-electron chi connectivity index (χ0n) is 12.4. The van der Waals surface area contributed by atoms with Crippen LogP contribution in [0.4, 0.5) is 8.78 Å². The zero-order chi connectivity index (χ0) is 16.0. The molecule has 0 radical (unpaired) electrons. The van der Waals surface area contributed by atoms with Crippen molar-refractivity contribution in [1.82, 2.24) is 14.5 Å². The molecule has 0 atom stereocenters. The maximum atomic E-state index is 14.0. The lowest BCUT2D eigenvalue weighted by Gasteiger charge is -2.02. The Labute approximate surface area is 130 Å². The van der Waals surface area contributed by atoms with Crippen molar-refractivity contribution in [3.8, 4) is 6.01 Å². The zero-order valence-corrected chi connectivity index (χ0v) is 12.4. The summed E-state index contributed by atoms with van der Waals surface area (Å²) in [5.41, 5.74) is 1.53. The second-order valence-electron chi connectivity index (χ2n) is 5.79. The number of halogens is 2. The van der Waals surface area contributed by atoms with Crippen molar-refractivity contribution in [3.63, 3.8) is 0 Å². The van der Waals surface area contributed by atoms with Crippen LogP contribution in [0.2, 0.25) is 0 Å². The molecule has 23 heavy (non-hydrogen) atoms. The van der Waals surface area contributed by atoms with Crippen LogP contribution in [0, 0.1) is 0 Å². The molecule has 0 fully saturated rings. The van der Waals surface area contributed by atoms with E-state index < -0.39 is 11.7 Å². The summed E-state index contributed by atoms with van der Waals surface area (Å²) in [7, 11) is 0. The normalized spacial score (nSPS) is 17.7. The summed E-state index contributed by atoms with van der Waals surface area (Å²) < 4.78 is 34.3. The van der Waals surface area contributed by atoms with Gasteiger partial charge in [0, 0.05) is 12.1 Å². The third-order valence-corrected chi connectivity index (χ3v) is 4.26. The predicted octanol–water partition coefficient (Wildman–Crippen LogP) is 3.45. The lowest BCUT2D eigenvalue weighted by Crippen LogP contribution is -2.17. The smallest absolute Gasteiger partial charge is 0.334 e. The standard InChI is InChI=1S/C16H15F2N3O2/c17-9-5-4-7-11-14(13(9)18)23-16(20-11)21-12-8-3-1-2-6-10(12)19-15(21)22/h4,7H,1-3,5-6,8H2,(H,19,22). The number of nitrogens with zero attached hydrogens (tertiary/aromatic N) is 2. The van der Waals surface area contributed by atoms with Crippen molar-refractivity contribution in [3.05, 3.63) is 45.2 Å². The van der Waals surface area contributed by atoms with Gasteiger partial charge in [-0.05, 0) is 31.8 Å². The lowest BCUT2D eigenvalue weighted by molar-refractivity contribution is 0.483. The van der Waals surface area contributed by atoms with Crippen molar-refractivity contribution in [2.24, 2.45) is 0 Å². The second kappa shape index (κ2) is 5.33. The number of oxazole rings is 1. The van der Waals surface area contributed by atoms with Crippen LogP contribution in [0.1, 0.15) is 48.5 Å². The number of aryl methyl sites for hydroxylation is 1. The van der Waals surface area contributed by atoms with Crippen LogP contribution in [-0.4, -0.2) is 14.5 Å². The molecule has 1 N–H and O–H groups in total. The Kier molecular flexibility index (Phi) is 3.28. The number of hydrogen-bond donors (Lipinski definition) is 1. The van der Waals surface area contributed by atoms with Gasteiger partial charge in [0.1, 0.15) is 11.5 Å². The number of rotatable bonds is 1. The summed E-state index contributed by atoms with van der Waals surface area (Å²) in [6, 6.07) is -0.0195. The molecule has 0 bridgehead atoms. The van der Waals surface area contributed by atoms with Crippen LogP contribution < -0.4 is 5.69 Å². The van der Waals surface area contributed by atoms with Crippen molar-refractivity contribution in [2.75, 3.05) is 0 Å². The Bertz CT molecular complexity index is 886. The molecule has 2 aromatic rings. The Morgan fingerprint density at radius 2 is 2.04 bits per heavy atom. The fraction of sp³-hybridized carbons (Fsp3) is 0.375. The number of allylic oxidation sites excluding steroid dienone is 2. The summed E-state index contributed by atoms with van der Waals surface area (Å²) in [5, 5.41) is 0. The molecule has 0 saturated heterocycles. The minimum atomic E-state index is -1.06.